The number of rotatable bonds is 10. The van der Waals surface area contributed by atoms with Crippen LogP contribution in [0.1, 0.15) is 70.9 Å². The highest BCUT2D eigenvalue weighted by Gasteiger charge is 2.38. The van der Waals surface area contributed by atoms with Crippen molar-refractivity contribution in [2.75, 3.05) is 19.8 Å². The molecule has 40 heavy (non-hydrogen) atoms. The van der Waals surface area contributed by atoms with Gasteiger partial charge in [0.1, 0.15) is 12.1 Å². The lowest BCUT2D eigenvalue weighted by Gasteiger charge is -2.28. The zero-order chi connectivity index (χ0) is 28.3. The fourth-order valence-corrected chi connectivity index (χ4v) is 5.56. The molecule has 1 aliphatic carbocycles. The molecule has 0 saturated carbocycles. The van der Waals surface area contributed by atoms with Crippen LogP contribution in [-0.2, 0) is 14.3 Å². The Labute approximate surface area is 233 Å². The third-order valence-electron chi connectivity index (χ3n) is 7.63. The minimum Gasteiger partial charge on any atom is -0.464 e. The lowest BCUT2D eigenvalue weighted by atomic mass is 9.95. The monoisotopic (exact) mass is 540 g/mol. The standard InChI is InChI=1S/C32H32N2O6/c1-3-39-30(37)32(2,18-10-11-19-34-28(35)25-16-8-9-17-26(25)29(34)36)33-31(38)40-20-27-23-14-6-4-12-21(23)22-13-5-7-15-24(22)27/h4-9,12-17,27H,3,10-11,18-20H2,1-2H3,(H,33,38)/t32-/m0/s1. The van der Waals surface area contributed by atoms with Gasteiger partial charge in [-0.1, -0.05) is 60.7 Å². The average molecular weight is 541 g/mol. The molecule has 0 unspecified atom stereocenters. The van der Waals surface area contributed by atoms with E-state index in [4.69, 9.17) is 9.47 Å². The van der Waals surface area contributed by atoms with Crippen molar-refractivity contribution >= 4 is 23.9 Å². The number of unbranched alkanes of at least 4 members (excludes halogenated alkanes) is 1. The van der Waals surface area contributed by atoms with E-state index in [1.807, 2.05) is 36.4 Å². The van der Waals surface area contributed by atoms with Crippen LogP contribution in [0, 0.1) is 0 Å². The third kappa shape index (κ3) is 5.09. The molecule has 0 saturated heterocycles. The van der Waals surface area contributed by atoms with Crippen LogP contribution in [0.25, 0.3) is 11.1 Å². The van der Waals surface area contributed by atoms with Crippen molar-refractivity contribution < 1.29 is 28.7 Å². The molecule has 5 rings (SSSR count). The molecule has 3 aromatic rings. The molecule has 8 nitrogen and oxygen atoms in total. The van der Waals surface area contributed by atoms with E-state index in [1.165, 1.54) is 4.90 Å². The summed E-state index contributed by atoms with van der Waals surface area (Å²) in [5.74, 6) is -1.30. The number of ether oxygens (including phenoxy) is 2. The first-order valence-corrected chi connectivity index (χ1v) is 13.6. The molecule has 206 valence electrons. The zero-order valence-corrected chi connectivity index (χ0v) is 22.6. The number of nitrogens with zero attached hydrogens (tertiary/aromatic N) is 1. The number of nitrogens with one attached hydrogen (secondary N) is 1. The highest BCUT2D eigenvalue weighted by Crippen LogP contribution is 2.44. The van der Waals surface area contributed by atoms with E-state index in [1.54, 1.807) is 38.1 Å². The van der Waals surface area contributed by atoms with E-state index in [0.717, 1.165) is 22.3 Å². The highest BCUT2D eigenvalue weighted by molar-refractivity contribution is 6.21. The quantitative estimate of drug-likeness (QED) is 0.212. The van der Waals surface area contributed by atoms with Crippen molar-refractivity contribution in [1.82, 2.24) is 10.2 Å². The van der Waals surface area contributed by atoms with E-state index in [2.05, 4.69) is 17.4 Å². The van der Waals surface area contributed by atoms with Gasteiger partial charge in [0.2, 0.25) is 0 Å². The number of amides is 3. The molecule has 3 aromatic carbocycles. The maximum absolute atomic E-state index is 13.0. The molecule has 0 aromatic heterocycles. The minimum atomic E-state index is -1.33. The Kier molecular flexibility index (Phi) is 7.69. The number of alkyl carbamates (subject to hydrolysis) is 1. The summed E-state index contributed by atoms with van der Waals surface area (Å²) < 4.78 is 10.9. The van der Waals surface area contributed by atoms with Gasteiger partial charge in [0.25, 0.3) is 11.8 Å². The number of esters is 1. The molecule has 8 heteroatoms. The summed E-state index contributed by atoms with van der Waals surface area (Å²) in [5, 5.41) is 2.73. The van der Waals surface area contributed by atoms with Gasteiger partial charge in [-0.15, -0.1) is 0 Å². The molecule has 0 radical (unpaired) electrons. The summed E-state index contributed by atoms with van der Waals surface area (Å²) in [4.78, 5) is 52.3. The van der Waals surface area contributed by atoms with Crippen LogP contribution in [0.3, 0.4) is 0 Å². The summed E-state index contributed by atoms with van der Waals surface area (Å²) in [6.07, 6.45) is 0.469. The van der Waals surface area contributed by atoms with Crippen molar-refractivity contribution in [3.63, 3.8) is 0 Å². The fourth-order valence-electron chi connectivity index (χ4n) is 5.56. The van der Waals surface area contributed by atoms with Gasteiger partial charge in [-0.3, -0.25) is 14.5 Å². The smallest absolute Gasteiger partial charge is 0.408 e. The topological polar surface area (TPSA) is 102 Å². The first-order valence-electron chi connectivity index (χ1n) is 13.6. The number of carbonyl (C=O) groups is 4. The average Bonchev–Trinajstić information content (AvgIpc) is 3.41. The van der Waals surface area contributed by atoms with Crippen molar-refractivity contribution in [3.05, 3.63) is 95.1 Å². The first-order chi connectivity index (χ1) is 19.3. The summed E-state index contributed by atoms with van der Waals surface area (Å²) in [6.45, 7) is 3.81. The van der Waals surface area contributed by atoms with E-state index in [-0.39, 0.29) is 43.9 Å². The second kappa shape index (κ2) is 11.3. The Hall–Kier alpha value is -4.46. The molecule has 1 aliphatic heterocycles. The maximum Gasteiger partial charge on any atom is 0.408 e. The number of benzene rings is 3. The number of carbonyl (C=O) groups excluding carboxylic acids is 4. The van der Waals surface area contributed by atoms with Crippen LogP contribution < -0.4 is 5.32 Å². The molecule has 2 aliphatic rings. The molecule has 0 spiro atoms. The second-order valence-electron chi connectivity index (χ2n) is 10.3. The Morgan fingerprint density at radius 3 is 1.88 bits per heavy atom. The van der Waals surface area contributed by atoms with E-state index >= 15 is 0 Å². The normalized spacial score (nSPS) is 15.2. The number of hydrogen-bond acceptors (Lipinski definition) is 6. The fraction of sp³-hybridized carbons (Fsp3) is 0.312. The number of hydrogen-bond donors (Lipinski definition) is 1. The van der Waals surface area contributed by atoms with Crippen LogP contribution in [-0.4, -0.2) is 54.1 Å². The van der Waals surface area contributed by atoms with Crippen molar-refractivity contribution in [2.24, 2.45) is 0 Å². The molecule has 0 bridgehead atoms. The number of fused-ring (bicyclic) bond motifs is 4. The molecule has 1 N–H and O–H groups in total. The van der Waals surface area contributed by atoms with Gasteiger partial charge in [-0.05, 0) is 67.5 Å². The van der Waals surface area contributed by atoms with Crippen LogP contribution in [0.4, 0.5) is 4.79 Å². The van der Waals surface area contributed by atoms with Gasteiger partial charge in [-0.25, -0.2) is 9.59 Å². The molecule has 3 amide bonds. The lowest BCUT2D eigenvalue weighted by Crippen LogP contribution is -2.53. The van der Waals surface area contributed by atoms with Crippen LogP contribution in [0.15, 0.2) is 72.8 Å². The summed E-state index contributed by atoms with van der Waals surface area (Å²) in [7, 11) is 0. The van der Waals surface area contributed by atoms with E-state index < -0.39 is 17.6 Å². The molecule has 0 fully saturated rings. The van der Waals surface area contributed by atoms with Crippen molar-refractivity contribution in [3.8, 4) is 11.1 Å². The largest absolute Gasteiger partial charge is 0.464 e. The summed E-state index contributed by atoms with van der Waals surface area (Å²) in [6, 6.07) is 22.9. The van der Waals surface area contributed by atoms with E-state index in [9.17, 15) is 19.2 Å². The van der Waals surface area contributed by atoms with E-state index in [0.29, 0.717) is 24.0 Å². The Morgan fingerprint density at radius 2 is 1.32 bits per heavy atom. The summed E-state index contributed by atoms with van der Waals surface area (Å²) in [5.41, 5.74) is 3.92. The zero-order valence-electron chi connectivity index (χ0n) is 22.6. The molecule has 1 heterocycles. The van der Waals surface area contributed by atoms with Crippen molar-refractivity contribution in [2.45, 2.75) is 44.6 Å². The van der Waals surface area contributed by atoms with Gasteiger partial charge in [0.15, 0.2) is 0 Å². The second-order valence-corrected chi connectivity index (χ2v) is 10.3. The SMILES string of the molecule is CCOC(=O)[C@](C)(CCCCN1C(=O)c2ccccc2C1=O)NC(=O)OCC1c2ccccc2-c2ccccc21. The minimum absolute atomic E-state index is 0.105. The van der Waals surface area contributed by atoms with Crippen LogP contribution in [0.2, 0.25) is 0 Å². The Bertz CT molecular complexity index is 1390. The Balaban J connectivity index is 1.19. The van der Waals surface area contributed by atoms with Crippen LogP contribution in [0.5, 0.6) is 0 Å². The van der Waals surface area contributed by atoms with Crippen molar-refractivity contribution in [1.29, 1.82) is 0 Å². The molecular weight excluding hydrogens is 508 g/mol. The third-order valence-corrected chi connectivity index (χ3v) is 7.63. The van der Waals surface area contributed by atoms with Gasteiger partial charge in [0.05, 0.1) is 17.7 Å². The predicted molar refractivity (Wildman–Crippen MR) is 149 cm³/mol. The predicted octanol–water partition coefficient (Wildman–Crippen LogP) is 5.31. The maximum atomic E-state index is 13.0. The molecular formula is C32H32N2O6. The Morgan fingerprint density at radius 1 is 0.800 bits per heavy atom. The van der Waals surface area contributed by atoms with Gasteiger partial charge < -0.3 is 14.8 Å². The molecule has 1 atom stereocenters. The first kappa shape index (κ1) is 27.1. The lowest BCUT2D eigenvalue weighted by molar-refractivity contribution is -0.150. The number of imide groups is 1. The summed E-state index contributed by atoms with van der Waals surface area (Å²) >= 11 is 0. The van der Waals surface area contributed by atoms with Gasteiger partial charge in [0, 0.05) is 12.5 Å². The van der Waals surface area contributed by atoms with Gasteiger partial charge >= 0.3 is 12.1 Å². The van der Waals surface area contributed by atoms with Crippen LogP contribution >= 0.6 is 0 Å². The highest BCUT2D eigenvalue weighted by atomic mass is 16.6. The van der Waals surface area contributed by atoms with Gasteiger partial charge in [-0.2, -0.15) is 0 Å².